The van der Waals surface area contributed by atoms with Gasteiger partial charge in [0, 0.05) is 5.56 Å². The summed E-state index contributed by atoms with van der Waals surface area (Å²) in [6, 6.07) is 2.89. The van der Waals surface area contributed by atoms with Crippen molar-refractivity contribution < 1.29 is 9.18 Å². The maximum absolute atomic E-state index is 13.2. The Morgan fingerprint density at radius 2 is 2.31 bits per heavy atom. The third-order valence-electron chi connectivity index (χ3n) is 1.80. The zero-order chi connectivity index (χ0) is 9.42. The Labute approximate surface area is 78.0 Å². The van der Waals surface area contributed by atoms with Crippen LogP contribution in [-0.2, 0) is 0 Å². The number of hydrogen-bond donors (Lipinski definition) is 0. The van der Waals surface area contributed by atoms with Crippen LogP contribution in [0.1, 0.15) is 17.3 Å². The molecule has 0 N–H and O–H groups in total. The minimum absolute atomic E-state index is 0.130. The molecule has 2 aromatic rings. The van der Waals surface area contributed by atoms with Crippen molar-refractivity contribution in [1.82, 2.24) is 4.98 Å². The molecule has 4 heteroatoms. The molecule has 66 valence electrons. The summed E-state index contributed by atoms with van der Waals surface area (Å²) in [6.07, 6.45) is 0. The van der Waals surface area contributed by atoms with E-state index in [1.54, 1.807) is 11.6 Å². The standard InChI is InChI=1S/C9H6FNOS/c1-5(12)6-2-7(10)9-8(3-6)13-4-11-9/h2-4H,1H3. The zero-order valence-corrected chi connectivity index (χ0v) is 7.69. The number of carbonyl (C=O) groups excluding carboxylic acids is 1. The van der Waals surface area contributed by atoms with Crippen molar-refractivity contribution in [3.05, 3.63) is 29.0 Å². The van der Waals surface area contributed by atoms with Crippen molar-refractivity contribution in [1.29, 1.82) is 0 Å². The summed E-state index contributed by atoms with van der Waals surface area (Å²) >= 11 is 1.33. The van der Waals surface area contributed by atoms with Gasteiger partial charge in [-0.2, -0.15) is 0 Å². The van der Waals surface area contributed by atoms with Gasteiger partial charge in [0.2, 0.25) is 0 Å². The number of fused-ring (bicyclic) bond motifs is 1. The lowest BCUT2D eigenvalue weighted by atomic mass is 10.1. The molecule has 2 rings (SSSR count). The molecule has 1 heterocycles. The van der Waals surface area contributed by atoms with Crippen molar-refractivity contribution >= 4 is 27.3 Å². The van der Waals surface area contributed by atoms with Crippen LogP contribution in [0, 0.1) is 5.82 Å². The van der Waals surface area contributed by atoms with Crippen LogP contribution >= 0.6 is 11.3 Å². The average molecular weight is 195 g/mol. The van der Waals surface area contributed by atoms with Crippen LogP contribution in [0.2, 0.25) is 0 Å². The van der Waals surface area contributed by atoms with Crippen LogP contribution in [0.5, 0.6) is 0 Å². The van der Waals surface area contributed by atoms with Gasteiger partial charge in [0.15, 0.2) is 11.6 Å². The Bertz CT molecular complexity index is 477. The molecule has 0 saturated heterocycles. The van der Waals surface area contributed by atoms with Gasteiger partial charge in [0.25, 0.3) is 0 Å². The highest BCUT2D eigenvalue weighted by molar-refractivity contribution is 7.16. The molecule has 1 aromatic heterocycles. The lowest BCUT2D eigenvalue weighted by Gasteiger charge is -1.96. The van der Waals surface area contributed by atoms with Gasteiger partial charge in [0.05, 0.1) is 10.2 Å². The topological polar surface area (TPSA) is 30.0 Å². The molecule has 13 heavy (non-hydrogen) atoms. The van der Waals surface area contributed by atoms with E-state index >= 15 is 0 Å². The molecule has 0 aliphatic heterocycles. The minimum Gasteiger partial charge on any atom is -0.295 e. The highest BCUT2D eigenvalue weighted by Crippen LogP contribution is 2.22. The first-order valence-corrected chi connectivity index (χ1v) is 4.60. The van der Waals surface area contributed by atoms with E-state index in [2.05, 4.69) is 4.98 Å². The maximum Gasteiger partial charge on any atom is 0.159 e. The van der Waals surface area contributed by atoms with E-state index in [-0.39, 0.29) is 5.78 Å². The molecule has 0 amide bonds. The average Bonchev–Trinajstić information content (AvgIpc) is 2.51. The minimum atomic E-state index is -0.427. The normalized spacial score (nSPS) is 10.6. The van der Waals surface area contributed by atoms with Crippen molar-refractivity contribution in [3.63, 3.8) is 0 Å². The molecule has 0 radical (unpaired) electrons. The van der Waals surface area contributed by atoms with Crippen LogP contribution in [0.4, 0.5) is 4.39 Å². The molecule has 0 fully saturated rings. The largest absolute Gasteiger partial charge is 0.295 e. The molecule has 0 aliphatic rings. The molecule has 2 nitrogen and oxygen atoms in total. The maximum atomic E-state index is 13.2. The van der Waals surface area contributed by atoms with Crippen LogP contribution in [-0.4, -0.2) is 10.8 Å². The fourth-order valence-corrected chi connectivity index (χ4v) is 1.86. The van der Waals surface area contributed by atoms with Crippen molar-refractivity contribution in [3.8, 4) is 0 Å². The van der Waals surface area contributed by atoms with Crippen molar-refractivity contribution in [2.75, 3.05) is 0 Å². The van der Waals surface area contributed by atoms with Crippen LogP contribution in [0.25, 0.3) is 10.2 Å². The predicted molar refractivity (Wildman–Crippen MR) is 49.6 cm³/mol. The smallest absolute Gasteiger partial charge is 0.159 e. The van der Waals surface area contributed by atoms with Gasteiger partial charge < -0.3 is 0 Å². The number of hydrogen-bond acceptors (Lipinski definition) is 3. The van der Waals surface area contributed by atoms with Crippen molar-refractivity contribution in [2.24, 2.45) is 0 Å². The SMILES string of the molecule is CC(=O)c1cc(F)c2ncsc2c1. The summed E-state index contributed by atoms with van der Waals surface area (Å²) in [7, 11) is 0. The second kappa shape index (κ2) is 2.88. The molecule has 0 aliphatic carbocycles. The summed E-state index contributed by atoms with van der Waals surface area (Å²) < 4.78 is 13.9. The van der Waals surface area contributed by atoms with Crippen LogP contribution in [0.15, 0.2) is 17.6 Å². The van der Waals surface area contributed by atoms with Gasteiger partial charge in [-0.25, -0.2) is 9.37 Å². The lowest BCUT2D eigenvalue weighted by molar-refractivity contribution is 0.101. The lowest BCUT2D eigenvalue weighted by Crippen LogP contribution is -1.92. The Morgan fingerprint density at radius 1 is 1.54 bits per heavy atom. The molecule has 0 bridgehead atoms. The molecular formula is C9H6FNOS. The van der Waals surface area contributed by atoms with E-state index < -0.39 is 5.82 Å². The number of halogens is 1. The quantitative estimate of drug-likeness (QED) is 0.655. The van der Waals surface area contributed by atoms with Gasteiger partial charge in [-0.15, -0.1) is 11.3 Å². The third kappa shape index (κ3) is 1.33. The molecule has 0 unspecified atom stereocenters. The summed E-state index contributed by atoms with van der Waals surface area (Å²) in [4.78, 5) is 14.8. The summed E-state index contributed by atoms with van der Waals surface area (Å²) in [5, 5.41) is 0. The Hall–Kier alpha value is -1.29. The molecule has 0 atom stereocenters. The number of aromatic nitrogens is 1. The molecule has 1 aromatic carbocycles. The van der Waals surface area contributed by atoms with Gasteiger partial charge in [0.1, 0.15) is 5.52 Å². The van der Waals surface area contributed by atoms with Crippen LogP contribution in [0.3, 0.4) is 0 Å². The van der Waals surface area contributed by atoms with E-state index in [0.29, 0.717) is 15.8 Å². The van der Waals surface area contributed by atoms with Crippen molar-refractivity contribution in [2.45, 2.75) is 6.92 Å². The number of carbonyl (C=O) groups is 1. The third-order valence-corrected chi connectivity index (χ3v) is 2.57. The molecule has 0 saturated carbocycles. The fourth-order valence-electron chi connectivity index (χ4n) is 1.13. The van der Waals surface area contributed by atoms with Gasteiger partial charge in [-0.3, -0.25) is 4.79 Å². The summed E-state index contributed by atoms with van der Waals surface area (Å²) in [5.74, 6) is -0.557. The second-order valence-corrected chi connectivity index (χ2v) is 3.60. The Kier molecular flexibility index (Phi) is 1.84. The first-order valence-electron chi connectivity index (χ1n) is 3.72. The molecular weight excluding hydrogens is 189 g/mol. The number of nitrogens with zero attached hydrogens (tertiary/aromatic N) is 1. The molecule has 0 spiro atoms. The fraction of sp³-hybridized carbons (Fsp3) is 0.111. The number of ketones is 1. The highest BCUT2D eigenvalue weighted by Gasteiger charge is 2.08. The number of thiazole rings is 1. The number of rotatable bonds is 1. The van der Waals surface area contributed by atoms with E-state index in [1.807, 2.05) is 0 Å². The number of Topliss-reactive ketones (excluding diaryl/α,β-unsaturated/α-hetero) is 1. The monoisotopic (exact) mass is 195 g/mol. The van der Waals surface area contributed by atoms with Gasteiger partial charge >= 0.3 is 0 Å². The summed E-state index contributed by atoms with van der Waals surface area (Å²) in [6.45, 7) is 1.42. The predicted octanol–water partition coefficient (Wildman–Crippen LogP) is 2.64. The first-order chi connectivity index (χ1) is 6.18. The summed E-state index contributed by atoms with van der Waals surface area (Å²) in [5.41, 5.74) is 2.31. The van der Waals surface area contributed by atoms with Gasteiger partial charge in [-0.1, -0.05) is 0 Å². The van der Waals surface area contributed by atoms with E-state index in [0.717, 1.165) is 0 Å². The highest BCUT2D eigenvalue weighted by atomic mass is 32.1. The zero-order valence-electron chi connectivity index (χ0n) is 6.87. The number of benzene rings is 1. The van der Waals surface area contributed by atoms with E-state index in [4.69, 9.17) is 0 Å². The van der Waals surface area contributed by atoms with E-state index in [1.165, 1.54) is 24.3 Å². The Balaban J connectivity index is 2.77. The Morgan fingerprint density at radius 3 is 3.00 bits per heavy atom. The van der Waals surface area contributed by atoms with Crippen LogP contribution < -0.4 is 0 Å². The van der Waals surface area contributed by atoms with E-state index in [9.17, 15) is 9.18 Å². The van der Waals surface area contributed by atoms with Gasteiger partial charge in [-0.05, 0) is 19.1 Å². The first kappa shape index (κ1) is 8.31. The second-order valence-electron chi connectivity index (χ2n) is 2.71.